The zero-order valence-corrected chi connectivity index (χ0v) is 17.9. The number of piperidine rings is 1. The third-order valence-corrected chi connectivity index (χ3v) is 6.81. The molecule has 1 aromatic heterocycles. The summed E-state index contributed by atoms with van der Waals surface area (Å²) in [6.07, 6.45) is 3.39. The second kappa shape index (κ2) is 8.55. The highest BCUT2D eigenvalue weighted by Gasteiger charge is 2.30. The molecule has 28 heavy (non-hydrogen) atoms. The second-order valence-corrected chi connectivity index (χ2v) is 9.25. The van der Waals surface area contributed by atoms with E-state index in [1.807, 2.05) is 13.0 Å². The monoisotopic (exact) mass is 426 g/mol. The predicted octanol–water partition coefficient (Wildman–Crippen LogP) is 3.01. The van der Waals surface area contributed by atoms with Gasteiger partial charge in [0, 0.05) is 37.7 Å². The Labute approximate surface area is 172 Å². The Hall–Kier alpha value is -2.03. The van der Waals surface area contributed by atoms with Gasteiger partial charge in [-0.2, -0.15) is 4.31 Å². The minimum absolute atomic E-state index is 0. The van der Waals surface area contributed by atoms with Crippen LogP contribution < -0.4 is 11.1 Å². The van der Waals surface area contributed by atoms with Gasteiger partial charge in [0.2, 0.25) is 10.0 Å². The normalized spacial score (nSPS) is 17.8. The molecule has 1 aliphatic rings. The van der Waals surface area contributed by atoms with Crippen LogP contribution in [0.1, 0.15) is 35.8 Å². The summed E-state index contributed by atoms with van der Waals surface area (Å²) in [4.78, 5) is 12.8. The van der Waals surface area contributed by atoms with Crippen molar-refractivity contribution >= 4 is 39.7 Å². The molecule has 3 N–H and O–H groups in total. The van der Waals surface area contributed by atoms with Crippen LogP contribution in [0.4, 0.5) is 11.4 Å². The van der Waals surface area contributed by atoms with E-state index in [-0.39, 0.29) is 28.9 Å². The zero-order valence-electron chi connectivity index (χ0n) is 16.3. The van der Waals surface area contributed by atoms with Gasteiger partial charge in [0.1, 0.15) is 10.6 Å². The number of aromatic nitrogens is 1. The van der Waals surface area contributed by atoms with Crippen LogP contribution in [0.3, 0.4) is 0 Å². The van der Waals surface area contributed by atoms with Crippen LogP contribution >= 0.6 is 12.4 Å². The summed E-state index contributed by atoms with van der Waals surface area (Å²) in [7, 11) is -1.94. The van der Waals surface area contributed by atoms with E-state index in [1.165, 1.54) is 21.1 Å². The molecule has 0 aliphatic carbocycles. The molecule has 154 valence electrons. The lowest BCUT2D eigenvalue weighted by molar-refractivity contribution is 0.101. The van der Waals surface area contributed by atoms with Crippen molar-refractivity contribution in [2.75, 3.05) is 24.1 Å². The number of aryl methyl sites for hydroxylation is 2. The Morgan fingerprint density at radius 1 is 1.29 bits per heavy atom. The average molecular weight is 427 g/mol. The van der Waals surface area contributed by atoms with Gasteiger partial charge in [0.15, 0.2) is 0 Å². The topological polar surface area (TPSA) is 97.4 Å². The highest BCUT2D eigenvalue weighted by atomic mass is 35.5. The third kappa shape index (κ3) is 4.51. The standard InChI is InChI=1S/C19H26N4O3S.ClH/c1-13-5-4-8-23(11-13)27(25,26)16-10-18(22(3)12-16)19(24)21-17-9-15(20)7-6-14(17)2;/h6-7,9-10,12-13H,4-5,8,11,20H2,1-3H3,(H,21,24);1H. The summed E-state index contributed by atoms with van der Waals surface area (Å²) in [5.41, 5.74) is 8.09. The number of nitrogens with one attached hydrogen (secondary N) is 1. The molecule has 0 radical (unpaired) electrons. The molecular weight excluding hydrogens is 400 g/mol. The lowest BCUT2D eigenvalue weighted by Gasteiger charge is -2.29. The van der Waals surface area contributed by atoms with Gasteiger partial charge in [-0.1, -0.05) is 13.0 Å². The maximum absolute atomic E-state index is 12.9. The van der Waals surface area contributed by atoms with Crippen molar-refractivity contribution in [3.63, 3.8) is 0 Å². The minimum Gasteiger partial charge on any atom is -0.399 e. The quantitative estimate of drug-likeness (QED) is 0.734. The van der Waals surface area contributed by atoms with E-state index in [0.29, 0.717) is 30.4 Å². The minimum atomic E-state index is -3.61. The number of sulfonamides is 1. The van der Waals surface area contributed by atoms with Crippen LogP contribution in [-0.4, -0.2) is 36.3 Å². The molecule has 0 bridgehead atoms. The first-order chi connectivity index (χ1) is 12.7. The van der Waals surface area contributed by atoms with E-state index in [2.05, 4.69) is 12.2 Å². The SMILES string of the molecule is Cc1ccc(N)cc1NC(=O)c1cc(S(=O)(=O)N2CCCC(C)C2)cn1C.Cl. The van der Waals surface area contributed by atoms with Gasteiger partial charge < -0.3 is 15.6 Å². The summed E-state index contributed by atoms with van der Waals surface area (Å²) in [6, 6.07) is 6.70. The molecule has 7 nitrogen and oxygen atoms in total. The molecule has 1 aromatic carbocycles. The Kier molecular flexibility index (Phi) is 6.80. The molecule has 2 aromatic rings. The summed E-state index contributed by atoms with van der Waals surface area (Å²) in [6.45, 7) is 4.96. The van der Waals surface area contributed by atoms with Gasteiger partial charge in [0.05, 0.1) is 0 Å². The number of nitrogens with zero attached hydrogens (tertiary/aromatic N) is 2. The summed E-state index contributed by atoms with van der Waals surface area (Å²) in [5.74, 6) is -0.0359. The molecule has 9 heteroatoms. The third-order valence-electron chi connectivity index (χ3n) is 4.98. The largest absolute Gasteiger partial charge is 0.399 e. The fourth-order valence-electron chi connectivity index (χ4n) is 3.38. The summed E-state index contributed by atoms with van der Waals surface area (Å²) >= 11 is 0. The Morgan fingerprint density at radius 3 is 2.68 bits per heavy atom. The van der Waals surface area contributed by atoms with Crippen molar-refractivity contribution < 1.29 is 13.2 Å². The molecule has 2 heterocycles. The van der Waals surface area contributed by atoms with Crippen molar-refractivity contribution in [1.29, 1.82) is 0 Å². The number of rotatable bonds is 4. The average Bonchev–Trinajstić information content (AvgIpc) is 3.01. The van der Waals surface area contributed by atoms with E-state index in [9.17, 15) is 13.2 Å². The van der Waals surface area contributed by atoms with E-state index in [0.717, 1.165) is 18.4 Å². The number of halogens is 1. The van der Waals surface area contributed by atoms with Crippen LogP contribution in [0.25, 0.3) is 0 Å². The van der Waals surface area contributed by atoms with Gasteiger partial charge in [0.25, 0.3) is 5.91 Å². The molecule has 1 fully saturated rings. The van der Waals surface area contributed by atoms with Crippen molar-refractivity contribution in [3.05, 3.63) is 41.7 Å². The van der Waals surface area contributed by atoms with Crippen LogP contribution in [0, 0.1) is 12.8 Å². The lowest BCUT2D eigenvalue weighted by atomic mass is 10.0. The van der Waals surface area contributed by atoms with Crippen molar-refractivity contribution in [2.45, 2.75) is 31.6 Å². The van der Waals surface area contributed by atoms with Crippen molar-refractivity contribution in [3.8, 4) is 0 Å². The van der Waals surface area contributed by atoms with Crippen molar-refractivity contribution in [1.82, 2.24) is 8.87 Å². The van der Waals surface area contributed by atoms with E-state index in [1.54, 1.807) is 19.2 Å². The van der Waals surface area contributed by atoms with Crippen LogP contribution in [0.5, 0.6) is 0 Å². The van der Waals surface area contributed by atoms with Gasteiger partial charge >= 0.3 is 0 Å². The van der Waals surface area contributed by atoms with Crippen LogP contribution in [-0.2, 0) is 17.1 Å². The number of amides is 1. The smallest absolute Gasteiger partial charge is 0.272 e. The zero-order chi connectivity index (χ0) is 19.8. The lowest BCUT2D eigenvalue weighted by Crippen LogP contribution is -2.38. The van der Waals surface area contributed by atoms with E-state index < -0.39 is 10.0 Å². The number of benzene rings is 1. The number of carbonyl (C=O) groups excluding carboxylic acids is 1. The number of hydrogen-bond donors (Lipinski definition) is 2. The molecule has 0 spiro atoms. The maximum Gasteiger partial charge on any atom is 0.272 e. The molecule has 1 unspecified atom stereocenters. The molecule has 1 atom stereocenters. The molecule has 0 saturated carbocycles. The van der Waals surface area contributed by atoms with Crippen LogP contribution in [0.2, 0.25) is 0 Å². The number of nitrogens with two attached hydrogens (primary N) is 1. The Morgan fingerprint density at radius 2 is 2.00 bits per heavy atom. The fraction of sp³-hybridized carbons (Fsp3) is 0.421. The highest BCUT2D eigenvalue weighted by molar-refractivity contribution is 7.89. The van der Waals surface area contributed by atoms with Gasteiger partial charge in [-0.15, -0.1) is 12.4 Å². The molecule has 3 rings (SSSR count). The highest BCUT2D eigenvalue weighted by Crippen LogP contribution is 2.25. The first-order valence-corrected chi connectivity index (χ1v) is 10.5. The number of anilines is 2. The first kappa shape index (κ1) is 22.3. The Bertz CT molecular complexity index is 972. The predicted molar refractivity (Wildman–Crippen MR) is 113 cm³/mol. The molecule has 1 amide bonds. The molecular formula is C19H27ClN4O3S. The number of nitrogen functional groups attached to an aromatic ring is 1. The number of carbonyl (C=O) groups is 1. The van der Waals surface area contributed by atoms with E-state index in [4.69, 9.17) is 5.73 Å². The second-order valence-electron chi connectivity index (χ2n) is 7.31. The first-order valence-electron chi connectivity index (χ1n) is 9.02. The van der Waals surface area contributed by atoms with Gasteiger partial charge in [-0.3, -0.25) is 4.79 Å². The van der Waals surface area contributed by atoms with Gasteiger partial charge in [-0.05, 0) is 49.4 Å². The summed E-state index contributed by atoms with van der Waals surface area (Å²) in [5, 5.41) is 2.81. The Balaban J connectivity index is 0.00000280. The summed E-state index contributed by atoms with van der Waals surface area (Å²) < 4.78 is 28.9. The van der Waals surface area contributed by atoms with Crippen LogP contribution in [0.15, 0.2) is 35.4 Å². The van der Waals surface area contributed by atoms with Crippen molar-refractivity contribution in [2.24, 2.45) is 13.0 Å². The van der Waals surface area contributed by atoms with E-state index >= 15 is 0 Å². The maximum atomic E-state index is 12.9. The number of hydrogen-bond acceptors (Lipinski definition) is 4. The van der Waals surface area contributed by atoms with Gasteiger partial charge in [-0.25, -0.2) is 8.42 Å². The molecule has 1 saturated heterocycles. The molecule has 1 aliphatic heterocycles. The fourth-order valence-corrected chi connectivity index (χ4v) is 5.05.